The molecule has 0 fully saturated rings. The second-order valence-corrected chi connectivity index (χ2v) is 9.10. The molecule has 1 N–H and O–H groups in total. The molecule has 184 valence electrons. The molecule has 0 saturated heterocycles. The standard InChI is InChI=1S/C25H32N2O7/c1-6-32-21(29)25(22(30)33-7-2)14-12-19(28)27-18-11-9-8-10-16(18)17(20(25)27)13-15-26-23(31)34-24(3,4)5/h8-11H,6-7,12-15H2,1-5H3,(H,26,31). The number of fused-ring (bicyclic) bond motifs is 3. The van der Waals surface area contributed by atoms with Crippen LogP contribution in [-0.4, -0.2) is 53.9 Å². The van der Waals surface area contributed by atoms with Gasteiger partial charge < -0.3 is 19.5 Å². The van der Waals surface area contributed by atoms with E-state index in [9.17, 15) is 19.2 Å². The summed E-state index contributed by atoms with van der Waals surface area (Å²) >= 11 is 0. The predicted molar refractivity (Wildman–Crippen MR) is 125 cm³/mol. The Morgan fingerprint density at radius 3 is 2.26 bits per heavy atom. The Morgan fingerprint density at radius 2 is 1.68 bits per heavy atom. The first-order valence-corrected chi connectivity index (χ1v) is 11.5. The van der Waals surface area contributed by atoms with Crippen LogP contribution in [0.25, 0.3) is 10.9 Å². The average molecular weight is 473 g/mol. The molecule has 0 bridgehead atoms. The molecule has 9 nitrogen and oxygen atoms in total. The highest BCUT2D eigenvalue weighted by molar-refractivity contribution is 6.11. The molecule has 1 aliphatic rings. The summed E-state index contributed by atoms with van der Waals surface area (Å²) in [5.74, 6) is -1.71. The van der Waals surface area contributed by atoms with E-state index in [0.717, 1.165) is 5.39 Å². The summed E-state index contributed by atoms with van der Waals surface area (Å²) in [5.41, 5.74) is -0.970. The van der Waals surface area contributed by atoms with Gasteiger partial charge in [0, 0.05) is 18.4 Å². The van der Waals surface area contributed by atoms with Gasteiger partial charge in [0.05, 0.1) is 24.4 Å². The number of para-hydroxylation sites is 1. The van der Waals surface area contributed by atoms with Crippen LogP contribution in [0.3, 0.4) is 0 Å². The molecule has 0 saturated carbocycles. The highest BCUT2D eigenvalue weighted by atomic mass is 16.6. The molecule has 1 amide bonds. The number of benzene rings is 1. The van der Waals surface area contributed by atoms with Gasteiger partial charge in [-0.3, -0.25) is 19.0 Å². The number of nitrogens with one attached hydrogen (secondary N) is 1. The first-order valence-electron chi connectivity index (χ1n) is 11.5. The molecule has 1 aromatic heterocycles. The molecule has 9 heteroatoms. The Morgan fingerprint density at radius 1 is 1.06 bits per heavy atom. The quantitative estimate of drug-likeness (QED) is 0.373. The van der Waals surface area contributed by atoms with Gasteiger partial charge in [0.15, 0.2) is 0 Å². The zero-order valence-electron chi connectivity index (χ0n) is 20.4. The van der Waals surface area contributed by atoms with Gasteiger partial charge in [0.1, 0.15) is 5.60 Å². The zero-order valence-corrected chi connectivity index (χ0v) is 20.4. The molecule has 3 rings (SSSR count). The highest BCUT2D eigenvalue weighted by Crippen LogP contribution is 2.43. The van der Waals surface area contributed by atoms with Crippen LogP contribution in [0.1, 0.15) is 63.5 Å². The molecule has 2 aromatic rings. The van der Waals surface area contributed by atoms with Crippen LogP contribution >= 0.6 is 0 Å². The Labute approximate surface area is 198 Å². The van der Waals surface area contributed by atoms with Gasteiger partial charge >= 0.3 is 18.0 Å². The van der Waals surface area contributed by atoms with Gasteiger partial charge in [-0.15, -0.1) is 0 Å². The number of alkyl carbamates (subject to hydrolysis) is 1. The lowest BCUT2D eigenvalue weighted by molar-refractivity contribution is -0.166. The Balaban J connectivity index is 2.15. The van der Waals surface area contributed by atoms with Crippen LogP contribution in [-0.2, 0) is 35.6 Å². The van der Waals surface area contributed by atoms with Crippen molar-refractivity contribution in [3.05, 3.63) is 35.5 Å². The second kappa shape index (κ2) is 9.87. The molecule has 34 heavy (non-hydrogen) atoms. The van der Waals surface area contributed by atoms with Gasteiger partial charge in [-0.25, -0.2) is 4.79 Å². The molecule has 1 aliphatic heterocycles. The number of ether oxygens (including phenoxy) is 3. The number of carbonyl (C=O) groups is 4. The van der Waals surface area contributed by atoms with E-state index < -0.39 is 29.0 Å². The smallest absolute Gasteiger partial charge is 0.407 e. The Bertz CT molecular complexity index is 1090. The van der Waals surface area contributed by atoms with E-state index in [1.54, 1.807) is 46.8 Å². The maximum atomic E-state index is 13.3. The Hall–Kier alpha value is -3.36. The predicted octanol–water partition coefficient (Wildman–Crippen LogP) is 3.51. The van der Waals surface area contributed by atoms with Crippen molar-refractivity contribution < 1.29 is 33.4 Å². The maximum Gasteiger partial charge on any atom is 0.407 e. The number of rotatable bonds is 7. The molecule has 2 heterocycles. The molecule has 0 radical (unpaired) electrons. The van der Waals surface area contributed by atoms with Crippen molar-refractivity contribution in [3.8, 4) is 0 Å². The topological polar surface area (TPSA) is 113 Å². The summed E-state index contributed by atoms with van der Waals surface area (Å²) in [6.07, 6.45) is -0.385. The number of nitrogens with zero attached hydrogens (tertiary/aromatic N) is 1. The minimum atomic E-state index is -1.78. The number of esters is 2. The van der Waals surface area contributed by atoms with Gasteiger partial charge in [-0.05, 0) is 59.1 Å². The third-order valence-electron chi connectivity index (χ3n) is 5.64. The first-order chi connectivity index (χ1) is 16.1. The Kier molecular flexibility index (Phi) is 7.33. The molecular weight excluding hydrogens is 440 g/mol. The van der Waals surface area contributed by atoms with E-state index >= 15 is 0 Å². The number of aromatic nitrogens is 1. The summed E-state index contributed by atoms with van der Waals surface area (Å²) < 4.78 is 17.4. The van der Waals surface area contributed by atoms with Crippen molar-refractivity contribution in [1.29, 1.82) is 0 Å². The van der Waals surface area contributed by atoms with Gasteiger partial charge in [0.25, 0.3) is 0 Å². The molecule has 1 aromatic carbocycles. The summed E-state index contributed by atoms with van der Waals surface area (Å²) in [4.78, 5) is 51.9. The largest absolute Gasteiger partial charge is 0.465 e. The van der Waals surface area contributed by atoms with E-state index in [-0.39, 0.29) is 50.6 Å². The lowest BCUT2D eigenvalue weighted by atomic mass is 9.75. The van der Waals surface area contributed by atoms with Gasteiger partial charge in [-0.1, -0.05) is 18.2 Å². The fourth-order valence-electron chi connectivity index (χ4n) is 4.39. The SMILES string of the molecule is CCOC(=O)C1(C(=O)OCC)CCC(=O)n2c1c(CCNC(=O)OC(C)(C)C)c1ccccc12. The van der Waals surface area contributed by atoms with Gasteiger partial charge in [-0.2, -0.15) is 0 Å². The molecule has 0 atom stereocenters. The number of amides is 1. The van der Waals surface area contributed by atoms with E-state index in [1.807, 2.05) is 12.1 Å². The number of carbonyl (C=O) groups excluding carboxylic acids is 4. The average Bonchev–Trinajstić information content (AvgIpc) is 3.09. The summed E-state index contributed by atoms with van der Waals surface area (Å²) in [6.45, 7) is 8.94. The van der Waals surface area contributed by atoms with Crippen molar-refractivity contribution in [1.82, 2.24) is 9.88 Å². The van der Waals surface area contributed by atoms with E-state index in [2.05, 4.69) is 5.32 Å². The van der Waals surface area contributed by atoms with Crippen LogP contribution in [0, 0.1) is 0 Å². The van der Waals surface area contributed by atoms with Crippen LogP contribution in [0.5, 0.6) is 0 Å². The van der Waals surface area contributed by atoms with Crippen LogP contribution in [0.15, 0.2) is 24.3 Å². The summed E-state index contributed by atoms with van der Waals surface area (Å²) in [5, 5.41) is 3.43. The fourth-order valence-corrected chi connectivity index (χ4v) is 4.39. The lowest BCUT2D eigenvalue weighted by Gasteiger charge is -2.34. The van der Waals surface area contributed by atoms with E-state index in [1.165, 1.54) is 4.57 Å². The minimum absolute atomic E-state index is 0.0150. The zero-order chi connectivity index (χ0) is 25.1. The molecule has 0 unspecified atom stereocenters. The van der Waals surface area contributed by atoms with Crippen molar-refractivity contribution in [3.63, 3.8) is 0 Å². The van der Waals surface area contributed by atoms with Crippen molar-refractivity contribution in [2.75, 3.05) is 19.8 Å². The highest BCUT2D eigenvalue weighted by Gasteiger charge is 2.56. The van der Waals surface area contributed by atoms with Crippen molar-refractivity contribution >= 4 is 34.8 Å². The van der Waals surface area contributed by atoms with Crippen LogP contribution in [0.4, 0.5) is 4.79 Å². The second-order valence-electron chi connectivity index (χ2n) is 9.10. The monoisotopic (exact) mass is 472 g/mol. The van der Waals surface area contributed by atoms with Crippen LogP contribution in [0.2, 0.25) is 0 Å². The third-order valence-corrected chi connectivity index (χ3v) is 5.64. The number of hydrogen-bond acceptors (Lipinski definition) is 7. The molecule has 0 aliphatic carbocycles. The molecule has 0 spiro atoms. The summed E-state index contributed by atoms with van der Waals surface area (Å²) in [6, 6.07) is 7.21. The van der Waals surface area contributed by atoms with Gasteiger partial charge in [0.2, 0.25) is 11.3 Å². The first kappa shape index (κ1) is 25.3. The lowest BCUT2D eigenvalue weighted by Crippen LogP contribution is -2.51. The van der Waals surface area contributed by atoms with Crippen LogP contribution < -0.4 is 5.32 Å². The van der Waals surface area contributed by atoms with E-state index in [0.29, 0.717) is 11.1 Å². The van der Waals surface area contributed by atoms with Crippen molar-refractivity contribution in [2.24, 2.45) is 0 Å². The molecular formula is C25H32N2O7. The van der Waals surface area contributed by atoms with Crippen molar-refractivity contribution in [2.45, 2.75) is 64.9 Å². The summed E-state index contributed by atoms with van der Waals surface area (Å²) in [7, 11) is 0. The third kappa shape index (κ3) is 4.64. The number of hydrogen-bond donors (Lipinski definition) is 1. The fraction of sp³-hybridized carbons (Fsp3) is 0.520. The maximum absolute atomic E-state index is 13.3. The normalized spacial score (nSPS) is 14.9. The van der Waals surface area contributed by atoms with E-state index in [4.69, 9.17) is 14.2 Å². The minimum Gasteiger partial charge on any atom is -0.465 e.